The summed E-state index contributed by atoms with van der Waals surface area (Å²) < 4.78 is 0. The predicted molar refractivity (Wildman–Crippen MR) is 136 cm³/mol. The zero-order valence-electron chi connectivity index (χ0n) is 20.0. The third-order valence-corrected chi connectivity index (χ3v) is 6.56. The van der Waals surface area contributed by atoms with E-state index < -0.39 is 6.04 Å². The number of piperazine rings is 1. The van der Waals surface area contributed by atoms with Gasteiger partial charge in [0.2, 0.25) is 5.91 Å². The van der Waals surface area contributed by atoms with E-state index in [-0.39, 0.29) is 17.9 Å². The van der Waals surface area contributed by atoms with Crippen LogP contribution in [-0.2, 0) is 11.2 Å². The van der Waals surface area contributed by atoms with Gasteiger partial charge in [0.05, 0.1) is 6.04 Å². The van der Waals surface area contributed by atoms with E-state index in [0.29, 0.717) is 18.7 Å². The lowest BCUT2D eigenvalue weighted by Gasteiger charge is -2.40. The Balaban J connectivity index is 1.38. The van der Waals surface area contributed by atoms with E-state index in [1.54, 1.807) is 6.92 Å². The monoisotopic (exact) mass is 455 g/mol. The second kappa shape index (κ2) is 11.1. The molecule has 1 aliphatic rings. The molecule has 4 rings (SSSR count). The molecule has 0 aliphatic carbocycles. The van der Waals surface area contributed by atoms with Crippen molar-refractivity contribution < 1.29 is 9.59 Å². The fraction of sp³-hybridized carbons (Fsp3) is 0.310. The molecule has 0 saturated carbocycles. The van der Waals surface area contributed by atoms with Crippen LogP contribution in [0.3, 0.4) is 0 Å². The van der Waals surface area contributed by atoms with Crippen LogP contribution in [-0.4, -0.2) is 53.8 Å². The molecule has 3 aromatic rings. The molecule has 1 aliphatic heterocycles. The maximum Gasteiger partial charge on any atom is 0.251 e. The fourth-order valence-corrected chi connectivity index (χ4v) is 4.59. The third-order valence-electron chi connectivity index (χ3n) is 6.56. The topological polar surface area (TPSA) is 52.7 Å². The molecule has 1 heterocycles. The van der Waals surface area contributed by atoms with Crippen LogP contribution in [0.2, 0.25) is 0 Å². The Morgan fingerprint density at radius 2 is 1.32 bits per heavy atom. The van der Waals surface area contributed by atoms with Crippen molar-refractivity contribution in [1.29, 1.82) is 0 Å². The summed E-state index contributed by atoms with van der Waals surface area (Å²) in [5, 5.41) is 2.87. The van der Waals surface area contributed by atoms with Gasteiger partial charge in [-0.1, -0.05) is 79.7 Å². The summed E-state index contributed by atoms with van der Waals surface area (Å²) in [6.45, 7) is 6.68. The lowest BCUT2D eigenvalue weighted by atomic mass is 9.96. The molecule has 1 atom stereocenters. The molecule has 0 spiro atoms. The van der Waals surface area contributed by atoms with E-state index in [9.17, 15) is 9.59 Å². The molecule has 1 saturated heterocycles. The molecule has 0 aromatic heterocycles. The van der Waals surface area contributed by atoms with Crippen LogP contribution in [0.4, 0.5) is 0 Å². The molecule has 34 heavy (non-hydrogen) atoms. The number of nitrogens with zero attached hydrogens (tertiary/aromatic N) is 2. The minimum absolute atomic E-state index is 0.0332. The van der Waals surface area contributed by atoms with Crippen molar-refractivity contribution in [2.45, 2.75) is 32.4 Å². The molecular formula is C29H33N3O2. The highest BCUT2D eigenvalue weighted by atomic mass is 16.2. The number of carbonyl (C=O) groups excluding carboxylic acids is 2. The smallest absolute Gasteiger partial charge is 0.251 e. The van der Waals surface area contributed by atoms with Gasteiger partial charge in [-0.05, 0) is 42.2 Å². The van der Waals surface area contributed by atoms with Gasteiger partial charge in [0, 0.05) is 31.7 Å². The number of rotatable bonds is 7. The number of amides is 2. The summed E-state index contributed by atoms with van der Waals surface area (Å²) in [5.41, 5.74) is 4.27. The van der Waals surface area contributed by atoms with Crippen LogP contribution in [0.25, 0.3) is 0 Å². The van der Waals surface area contributed by atoms with E-state index in [0.717, 1.165) is 19.5 Å². The molecule has 1 N–H and O–H groups in total. The van der Waals surface area contributed by atoms with Crippen molar-refractivity contribution in [3.8, 4) is 0 Å². The van der Waals surface area contributed by atoms with Gasteiger partial charge in [0.1, 0.15) is 6.04 Å². The van der Waals surface area contributed by atoms with Gasteiger partial charge in [-0.15, -0.1) is 0 Å². The minimum Gasteiger partial charge on any atom is -0.341 e. The number of benzene rings is 3. The standard InChI is InChI=1S/C29H33N3O2/c1-3-23-14-16-26(17-15-23)28(33)30-22(2)29(34)32-20-18-31(19-21-32)27(24-10-6-4-7-11-24)25-12-8-5-9-13-25/h4-17,22,27H,3,18-21H2,1-2H3,(H,30,33). The summed E-state index contributed by atoms with van der Waals surface area (Å²) in [7, 11) is 0. The van der Waals surface area contributed by atoms with Gasteiger partial charge in [0.15, 0.2) is 0 Å². The van der Waals surface area contributed by atoms with Crippen LogP contribution in [0.15, 0.2) is 84.9 Å². The number of nitrogens with one attached hydrogen (secondary N) is 1. The quantitative estimate of drug-likeness (QED) is 0.578. The molecule has 0 bridgehead atoms. The third kappa shape index (κ3) is 5.54. The number of carbonyl (C=O) groups is 2. The molecule has 3 aromatic carbocycles. The fourth-order valence-electron chi connectivity index (χ4n) is 4.59. The summed E-state index contributed by atoms with van der Waals surface area (Å²) >= 11 is 0. The summed E-state index contributed by atoms with van der Waals surface area (Å²) in [5.74, 6) is -0.246. The van der Waals surface area contributed by atoms with Crippen LogP contribution in [0.5, 0.6) is 0 Å². The zero-order valence-corrected chi connectivity index (χ0v) is 20.0. The number of aryl methyl sites for hydroxylation is 1. The van der Waals surface area contributed by atoms with Gasteiger partial charge in [-0.3, -0.25) is 14.5 Å². The Hall–Kier alpha value is -3.44. The van der Waals surface area contributed by atoms with Crippen LogP contribution < -0.4 is 5.32 Å². The van der Waals surface area contributed by atoms with Crippen molar-refractivity contribution in [2.75, 3.05) is 26.2 Å². The SMILES string of the molecule is CCc1ccc(C(=O)NC(C)C(=O)N2CCN(C(c3ccccc3)c3ccccc3)CC2)cc1. The highest BCUT2D eigenvalue weighted by Crippen LogP contribution is 2.29. The van der Waals surface area contributed by atoms with Crippen LogP contribution in [0, 0.1) is 0 Å². The molecule has 5 heteroatoms. The first kappa shape index (κ1) is 23.7. The van der Waals surface area contributed by atoms with Crippen LogP contribution in [0.1, 0.15) is 46.9 Å². The average molecular weight is 456 g/mol. The van der Waals surface area contributed by atoms with E-state index in [4.69, 9.17) is 0 Å². The first-order chi connectivity index (χ1) is 16.6. The van der Waals surface area contributed by atoms with Crippen molar-refractivity contribution >= 4 is 11.8 Å². The van der Waals surface area contributed by atoms with Crippen molar-refractivity contribution in [2.24, 2.45) is 0 Å². The first-order valence-corrected chi connectivity index (χ1v) is 12.1. The van der Waals surface area contributed by atoms with E-state index in [1.807, 2.05) is 41.3 Å². The number of hydrogen-bond donors (Lipinski definition) is 1. The normalized spacial score (nSPS) is 15.2. The maximum atomic E-state index is 13.1. The van der Waals surface area contributed by atoms with Gasteiger partial charge in [-0.25, -0.2) is 0 Å². The van der Waals surface area contributed by atoms with E-state index in [2.05, 4.69) is 65.7 Å². The largest absolute Gasteiger partial charge is 0.341 e. The Labute approximate surface area is 202 Å². The lowest BCUT2D eigenvalue weighted by Crippen LogP contribution is -2.54. The molecular weight excluding hydrogens is 422 g/mol. The molecule has 1 unspecified atom stereocenters. The van der Waals surface area contributed by atoms with Gasteiger partial charge < -0.3 is 10.2 Å². The Morgan fingerprint density at radius 1 is 0.794 bits per heavy atom. The summed E-state index contributed by atoms with van der Waals surface area (Å²) in [6.07, 6.45) is 0.929. The Morgan fingerprint density at radius 3 is 1.82 bits per heavy atom. The van der Waals surface area contributed by atoms with Crippen molar-refractivity contribution in [3.05, 3.63) is 107 Å². The highest BCUT2D eigenvalue weighted by Gasteiger charge is 2.30. The second-order valence-electron chi connectivity index (χ2n) is 8.83. The van der Waals surface area contributed by atoms with Crippen molar-refractivity contribution in [1.82, 2.24) is 15.1 Å². The molecule has 1 fully saturated rings. The van der Waals surface area contributed by atoms with Gasteiger partial charge in [0.25, 0.3) is 5.91 Å². The molecule has 5 nitrogen and oxygen atoms in total. The first-order valence-electron chi connectivity index (χ1n) is 12.1. The summed E-state index contributed by atoms with van der Waals surface area (Å²) in [4.78, 5) is 30.0. The minimum atomic E-state index is -0.566. The van der Waals surface area contributed by atoms with E-state index in [1.165, 1.54) is 16.7 Å². The Bertz CT molecular complexity index is 1040. The highest BCUT2D eigenvalue weighted by molar-refractivity contribution is 5.97. The Kier molecular flexibility index (Phi) is 7.76. The second-order valence-corrected chi connectivity index (χ2v) is 8.83. The molecule has 0 radical (unpaired) electrons. The lowest BCUT2D eigenvalue weighted by molar-refractivity contribution is -0.134. The van der Waals surface area contributed by atoms with Gasteiger partial charge >= 0.3 is 0 Å². The van der Waals surface area contributed by atoms with Gasteiger partial charge in [-0.2, -0.15) is 0 Å². The molecule has 176 valence electrons. The molecule has 2 amide bonds. The zero-order chi connectivity index (χ0) is 23.9. The van der Waals surface area contributed by atoms with Crippen LogP contribution >= 0.6 is 0 Å². The maximum absolute atomic E-state index is 13.1. The average Bonchev–Trinajstić information content (AvgIpc) is 2.90. The van der Waals surface area contributed by atoms with Crippen molar-refractivity contribution in [3.63, 3.8) is 0 Å². The number of hydrogen-bond acceptors (Lipinski definition) is 3. The predicted octanol–water partition coefficient (Wildman–Crippen LogP) is 4.30. The summed E-state index contributed by atoms with van der Waals surface area (Å²) in [6, 6.07) is 28.2. The van der Waals surface area contributed by atoms with E-state index >= 15 is 0 Å².